The van der Waals surface area contributed by atoms with Gasteiger partial charge in [-0.1, -0.05) is 13.3 Å². The van der Waals surface area contributed by atoms with E-state index in [0.717, 1.165) is 25.1 Å². The predicted molar refractivity (Wildman–Crippen MR) is 75.6 cm³/mol. The monoisotopic (exact) mass is 272 g/mol. The molecule has 0 radical (unpaired) electrons. The Morgan fingerprint density at radius 3 is 2.58 bits per heavy atom. The predicted octanol–water partition coefficient (Wildman–Crippen LogP) is -1.64. The van der Waals surface area contributed by atoms with Crippen molar-refractivity contribution in [1.29, 1.82) is 0 Å². The van der Waals surface area contributed by atoms with Gasteiger partial charge in [0, 0.05) is 6.42 Å². The second-order valence-corrected chi connectivity index (χ2v) is 6.46. The molecule has 0 aromatic rings. The highest BCUT2D eigenvalue weighted by atomic mass is 16.5. The summed E-state index contributed by atoms with van der Waals surface area (Å²) in [5.41, 5.74) is 0. The normalized spacial score (nSPS) is 36.3. The number of hydrogen-bond donors (Lipinski definition) is 3. The van der Waals surface area contributed by atoms with Crippen molar-refractivity contribution < 1.29 is 19.6 Å². The molecule has 2 rings (SSSR count). The first kappa shape index (κ1) is 15.2. The molecule has 0 amide bonds. The van der Waals surface area contributed by atoms with E-state index in [1.807, 2.05) is 4.90 Å². The molecule has 4 nitrogen and oxygen atoms in total. The maximum Gasteiger partial charge on any atom is 0.127 e. The van der Waals surface area contributed by atoms with Crippen molar-refractivity contribution in [2.45, 2.75) is 38.6 Å². The van der Waals surface area contributed by atoms with Crippen LogP contribution in [0.4, 0.5) is 0 Å². The minimum absolute atomic E-state index is 0.146. The Kier molecular flexibility index (Phi) is 6.57. The first-order valence-corrected chi connectivity index (χ1v) is 8.16. The molecule has 2 atom stereocenters. The van der Waals surface area contributed by atoms with Crippen LogP contribution in [0.15, 0.2) is 0 Å². The lowest BCUT2D eigenvalue weighted by Gasteiger charge is -2.37. The van der Waals surface area contributed by atoms with Crippen molar-refractivity contribution in [3.05, 3.63) is 0 Å². The van der Waals surface area contributed by atoms with Gasteiger partial charge in [-0.25, -0.2) is 0 Å². The minimum Gasteiger partial charge on any atom is -0.394 e. The molecule has 0 unspecified atom stereocenters. The summed E-state index contributed by atoms with van der Waals surface area (Å²) in [5, 5.41) is 8.67. The first-order chi connectivity index (χ1) is 9.29. The Hall–Kier alpha value is -0.160. The zero-order chi connectivity index (χ0) is 13.5. The van der Waals surface area contributed by atoms with Gasteiger partial charge in [0.1, 0.15) is 32.7 Å². The molecule has 19 heavy (non-hydrogen) atoms. The summed E-state index contributed by atoms with van der Waals surface area (Å²) in [4.78, 5) is 3.55. The molecule has 0 bridgehead atoms. The van der Waals surface area contributed by atoms with Crippen LogP contribution in [0, 0.1) is 5.92 Å². The molecule has 1 aliphatic carbocycles. The summed E-state index contributed by atoms with van der Waals surface area (Å²) in [7, 11) is 0. The summed E-state index contributed by atoms with van der Waals surface area (Å²) in [6, 6.07) is 0.941. The molecule has 1 heterocycles. The maximum absolute atomic E-state index is 8.67. The van der Waals surface area contributed by atoms with Crippen molar-refractivity contribution in [2.75, 3.05) is 52.5 Å². The molecule has 0 aromatic heterocycles. The van der Waals surface area contributed by atoms with Gasteiger partial charge < -0.3 is 19.6 Å². The summed E-state index contributed by atoms with van der Waals surface area (Å²) < 4.78 is 5.37. The van der Waals surface area contributed by atoms with Gasteiger partial charge in [0.05, 0.1) is 25.9 Å². The fraction of sp³-hybridized carbons (Fsp3) is 1.00. The van der Waals surface area contributed by atoms with Crippen LogP contribution >= 0.6 is 0 Å². The highest BCUT2D eigenvalue weighted by Crippen LogP contribution is 2.21. The molecular formula is C15H32N2O2+2. The lowest BCUT2D eigenvalue weighted by Crippen LogP contribution is -3.29. The molecular weight excluding hydrogens is 240 g/mol. The van der Waals surface area contributed by atoms with E-state index in [4.69, 9.17) is 9.84 Å². The Balaban J connectivity index is 1.62. The third-order valence-corrected chi connectivity index (χ3v) is 4.95. The third-order valence-electron chi connectivity index (χ3n) is 4.95. The Morgan fingerprint density at radius 1 is 1.11 bits per heavy atom. The number of nitrogens with one attached hydrogen (secondary N) is 2. The van der Waals surface area contributed by atoms with Crippen LogP contribution in [-0.2, 0) is 4.74 Å². The largest absolute Gasteiger partial charge is 0.394 e. The Morgan fingerprint density at radius 2 is 1.89 bits per heavy atom. The minimum atomic E-state index is 0.146. The number of quaternary nitrogens is 2. The fourth-order valence-electron chi connectivity index (χ4n) is 3.77. The third kappa shape index (κ3) is 5.03. The average molecular weight is 272 g/mol. The van der Waals surface area contributed by atoms with Crippen LogP contribution in [0.1, 0.15) is 32.6 Å². The molecule has 0 spiro atoms. The average Bonchev–Trinajstić information content (AvgIpc) is 2.44. The van der Waals surface area contributed by atoms with E-state index in [1.165, 1.54) is 51.9 Å². The summed E-state index contributed by atoms with van der Waals surface area (Å²) >= 11 is 0. The van der Waals surface area contributed by atoms with Gasteiger partial charge in [-0.15, -0.1) is 0 Å². The lowest BCUT2D eigenvalue weighted by molar-refractivity contribution is -1.02. The molecule has 2 aliphatic rings. The number of ether oxygens (including phenoxy) is 1. The Labute approximate surface area is 117 Å². The van der Waals surface area contributed by atoms with Gasteiger partial charge >= 0.3 is 0 Å². The highest BCUT2D eigenvalue weighted by molar-refractivity contribution is 4.69. The van der Waals surface area contributed by atoms with E-state index >= 15 is 0 Å². The van der Waals surface area contributed by atoms with Crippen molar-refractivity contribution in [1.82, 2.24) is 0 Å². The van der Waals surface area contributed by atoms with Crippen molar-refractivity contribution in [2.24, 2.45) is 5.92 Å². The molecule has 1 saturated heterocycles. The molecule has 3 N–H and O–H groups in total. The number of rotatable bonds is 6. The van der Waals surface area contributed by atoms with E-state index in [1.54, 1.807) is 4.90 Å². The van der Waals surface area contributed by atoms with Gasteiger partial charge in [-0.05, 0) is 18.8 Å². The Bertz CT molecular complexity index is 242. The van der Waals surface area contributed by atoms with E-state index in [0.29, 0.717) is 6.61 Å². The van der Waals surface area contributed by atoms with Crippen LogP contribution in [0.5, 0.6) is 0 Å². The first-order valence-electron chi connectivity index (χ1n) is 8.16. The van der Waals surface area contributed by atoms with E-state index in [9.17, 15) is 0 Å². The quantitative estimate of drug-likeness (QED) is 0.507. The molecule has 0 aromatic carbocycles. The van der Waals surface area contributed by atoms with Crippen molar-refractivity contribution in [3.8, 4) is 0 Å². The van der Waals surface area contributed by atoms with Crippen molar-refractivity contribution in [3.63, 3.8) is 0 Å². The highest BCUT2D eigenvalue weighted by Gasteiger charge is 2.31. The summed E-state index contributed by atoms with van der Waals surface area (Å²) in [5.74, 6) is 0.948. The standard InChI is InChI=1S/C15H30N2O2/c1-14-3-2-4-15(13-14)17-7-5-16(6-8-17)9-11-19-12-10-18/h14-15,18H,2-13H2,1H3/p+2/t14-,15-/m0/s1. The van der Waals surface area contributed by atoms with E-state index in [-0.39, 0.29) is 6.61 Å². The van der Waals surface area contributed by atoms with Crippen LogP contribution in [0.2, 0.25) is 0 Å². The van der Waals surface area contributed by atoms with E-state index in [2.05, 4.69) is 6.92 Å². The molecule has 1 saturated carbocycles. The zero-order valence-electron chi connectivity index (χ0n) is 12.5. The fourth-order valence-corrected chi connectivity index (χ4v) is 3.77. The second kappa shape index (κ2) is 8.20. The number of hydrogen-bond acceptors (Lipinski definition) is 2. The summed E-state index contributed by atoms with van der Waals surface area (Å²) in [6.07, 6.45) is 5.79. The number of aliphatic hydroxyl groups is 1. The van der Waals surface area contributed by atoms with E-state index < -0.39 is 0 Å². The van der Waals surface area contributed by atoms with Gasteiger partial charge in [0.2, 0.25) is 0 Å². The second-order valence-electron chi connectivity index (χ2n) is 6.46. The lowest BCUT2D eigenvalue weighted by atomic mass is 9.86. The summed E-state index contributed by atoms with van der Waals surface area (Å²) in [6.45, 7) is 10.2. The van der Waals surface area contributed by atoms with Crippen LogP contribution in [0.25, 0.3) is 0 Å². The van der Waals surface area contributed by atoms with Gasteiger partial charge in [-0.3, -0.25) is 0 Å². The van der Waals surface area contributed by atoms with Crippen molar-refractivity contribution >= 4 is 0 Å². The number of aliphatic hydroxyl groups excluding tert-OH is 1. The van der Waals surface area contributed by atoms with Gasteiger partial charge in [-0.2, -0.15) is 0 Å². The maximum atomic E-state index is 8.67. The van der Waals surface area contributed by atoms with Crippen LogP contribution < -0.4 is 9.80 Å². The molecule has 4 heteroatoms. The number of piperazine rings is 1. The SMILES string of the molecule is C[C@H]1CCC[C@H]([NH+]2CC[NH+](CCOCCO)CC2)C1. The van der Waals surface area contributed by atoms with Gasteiger partial charge in [0.25, 0.3) is 0 Å². The zero-order valence-corrected chi connectivity index (χ0v) is 12.5. The van der Waals surface area contributed by atoms with Gasteiger partial charge in [0.15, 0.2) is 0 Å². The molecule has 1 aliphatic heterocycles. The molecule has 2 fully saturated rings. The topological polar surface area (TPSA) is 38.3 Å². The van der Waals surface area contributed by atoms with Crippen LogP contribution in [0.3, 0.4) is 0 Å². The molecule has 112 valence electrons. The van der Waals surface area contributed by atoms with Crippen LogP contribution in [-0.4, -0.2) is 63.7 Å². The smallest absolute Gasteiger partial charge is 0.127 e.